The van der Waals surface area contributed by atoms with Gasteiger partial charge in [-0.2, -0.15) is 0 Å². The number of benzene rings is 1. The molecular formula is C12H15FN2O3. The van der Waals surface area contributed by atoms with Gasteiger partial charge in [-0.25, -0.2) is 9.18 Å². The molecule has 0 radical (unpaired) electrons. The van der Waals surface area contributed by atoms with Crippen molar-refractivity contribution in [1.82, 2.24) is 5.32 Å². The zero-order valence-corrected chi connectivity index (χ0v) is 10.00. The number of carboxylic acid groups (broad SMARTS) is 1. The Kier molecular flexibility index (Phi) is 5.26. The highest BCUT2D eigenvalue weighted by atomic mass is 19.1. The van der Waals surface area contributed by atoms with Crippen LogP contribution in [0.25, 0.3) is 0 Å². The third-order valence-corrected chi connectivity index (χ3v) is 2.29. The van der Waals surface area contributed by atoms with Crippen LogP contribution in [0.5, 0.6) is 0 Å². The molecule has 0 aliphatic rings. The van der Waals surface area contributed by atoms with Crippen LogP contribution in [-0.4, -0.2) is 30.1 Å². The zero-order chi connectivity index (χ0) is 13.5. The average molecular weight is 254 g/mol. The lowest BCUT2D eigenvalue weighted by Gasteiger charge is -2.09. The maximum atomic E-state index is 13.5. The van der Waals surface area contributed by atoms with E-state index in [9.17, 15) is 14.0 Å². The first kappa shape index (κ1) is 14.1. The van der Waals surface area contributed by atoms with Gasteiger partial charge >= 0.3 is 5.97 Å². The number of amides is 1. The Morgan fingerprint density at radius 3 is 2.72 bits per heavy atom. The van der Waals surface area contributed by atoms with Gasteiger partial charge in [0, 0.05) is 13.0 Å². The van der Waals surface area contributed by atoms with Gasteiger partial charge in [0.15, 0.2) is 0 Å². The van der Waals surface area contributed by atoms with E-state index in [1.165, 1.54) is 12.1 Å². The summed E-state index contributed by atoms with van der Waals surface area (Å²) in [5, 5.41) is 14.1. The van der Waals surface area contributed by atoms with Crippen LogP contribution in [-0.2, 0) is 4.79 Å². The van der Waals surface area contributed by atoms with Gasteiger partial charge < -0.3 is 15.7 Å². The Balaban J connectivity index is 2.77. The van der Waals surface area contributed by atoms with Crippen molar-refractivity contribution in [2.75, 3.05) is 18.4 Å². The van der Waals surface area contributed by atoms with E-state index in [4.69, 9.17) is 5.11 Å². The minimum Gasteiger partial charge on any atom is -0.478 e. The molecule has 98 valence electrons. The van der Waals surface area contributed by atoms with Crippen LogP contribution < -0.4 is 10.6 Å². The van der Waals surface area contributed by atoms with Crippen molar-refractivity contribution in [2.45, 2.75) is 13.3 Å². The fourth-order valence-electron chi connectivity index (χ4n) is 1.41. The van der Waals surface area contributed by atoms with E-state index < -0.39 is 17.7 Å². The van der Waals surface area contributed by atoms with Gasteiger partial charge in [0.05, 0.1) is 11.3 Å². The monoisotopic (exact) mass is 254 g/mol. The number of hydrogen-bond donors (Lipinski definition) is 3. The largest absolute Gasteiger partial charge is 0.478 e. The lowest BCUT2D eigenvalue weighted by molar-refractivity contribution is -0.116. The fourth-order valence-corrected chi connectivity index (χ4v) is 1.41. The minimum atomic E-state index is -1.28. The van der Waals surface area contributed by atoms with E-state index in [0.717, 1.165) is 12.6 Å². The SMILES string of the molecule is CCNCCC(=O)Nc1c(F)cccc1C(=O)O. The molecule has 1 amide bonds. The lowest BCUT2D eigenvalue weighted by atomic mass is 10.1. The molecule has 0 bridgehead atoms. The van der Waals surface area contributed by atoms with Gasteiger partial charge in [0.2, 0.25) is 5.91 Å². The Morgan fingerprint density at radius 2 is 2.11 bits per heavy atom. The molecule has 1 rings (SSSR count). The summed E-state index contributed by atoms with van der Waals surface area (Å²) in [6, 6.07) is 3.63. The molecule has 0 spiro atoms. The van der Waals surface area contributed by atoms with E-state index >= 15 is 0 Å². The maximum absolute atomic E-state index is 13.5. The van der Waals surface area contributed by atoms with Crippen LogP contribution in [0.3, 0.4) is 0 Å². The number of anilines is 1. The van der Waals surface area contributed by atoms with Crippen LogP contribution in [0.2, 0.25) is 0 Å². The molecule has 0 aromatic heterocycles. The third kappa shape index (κ3) is 3.81. The molecule has 0 aliphatic heterocycles. The van der Waals surface area contributed by atoms with E-state index in [1.807, 2.05) is 6.92 Å². The van der Waals surface area contributed by atoms with Crippen molar-refractivity contribution in [3.63, 3.8) is 0 Å². The topological polar surface area (TPSA) is 78.4 Å². The highest BCUT2D eigenvalue weighted by molar-refractivity contribution is 6.00. The maximum Gasteiger partial charge on any atom is 0.337 e. The van der Waals surface area contributed by atoms with E-state index in [2.05, 4.69) is 10.6 Å². The van der Waals surface area contributed by atoms with Crippen LogP contribution in [0.15, 0.2) is 18.2 Å². The standard InChI is InChI=1S/C12H15FN2O3/c1-2-14-7-6-10(16)15-11-8(12(17)18)4-3-5-9(11)13/h3-5,14H,2,6-7H2,1H3,(H,15,16)(H,17,18). The molecule has 3 N–H and O–H groups in total. The molecule has 0 saturated heterocycles. The highest BCUT2D eigenvalue weighted by Crippen LogP contribution is 2.19. The molecule has 18 heavy (non-hydrogen) atoms. The molecule has 0 atom stereocenters. The number of halogens is 1. The Labute approximate surface area is 104 Å². The Morgan fingerprint density at radius 1 is 1.39 bits per heavy atom. The van der Waals surface area contributed by atoms with Gasteiger partial charge in [-0.1, -0.05) is 13.0 Å². The summed E-state index contributed by atoms with van der Waals surface area (Å²) < 4.78 is 13.5. The highest BCUT2D eigenvalue weighted by Gasteiger charge is 2.16. The summed E-state index contributed by atoms with van der Waals surface area (Å²) in [7, 11) is 0. The Bertz CT molecular complexity index is 449. The van der Waals surface area contributed by atoms with Crippen LogP contribution in [0.1, 0.15) is 23.7 Å². The van der Waals surface area contributed by atoms with Gasteiger partial charge in [0.25, 0.3) is 0 Å². The van der Waals surface area contributed by atoms with E-state index in [-0.39, 0.29) is 17.7 Å². The molecule has 0 aliphatic carbocycles. The smallest absolute Gasteiger partial charge is 0.337 e. The van der Waals surface area contributed by atoms with E-state index in [0.29, 0.717) is 6.54 Å². The molecule has 1 aromatic rings. The number of carboxylic acids is 1. The van der Waals surface area contributed by atoms with Crippen LogP contribution >= 0.6 is 0 Å². The molecule has 5 nitrogen and oxygen atoms in total. The molecule has 1 aromatic carbocycles. The first-order valence-electron chi connectivity index (χ1n) is 5.58. The zero-order valence-electron chi connectivity index (χ0n) is 10.00. The second kappa shape index (κ2) is 6.70. The normalized spacial score (nSPS) is 10.1. The molecular weight excluding hydrogens is 239 g/mol. The van der Waals surface area contributed by atoms with Crippen LogP contribution in [0.4, 0.5) is 10.1 Å². The van der Waals surface area contributed by atoms with Gasteiger partial charge in [-0.15, -0.1) is 0 Å². The summed E-state index contributed by atoms with van der Waals surface area (Å²) in [5.41, 5.74) is -0.543. The number of carbonyl (C=O) groups is 2. The molecule has 0 unspecified atom stereocenters. The number of aromatic carboxylic acids is 1. The van der Waals surface area contributed by atoms with Gasteiger partial charge in [-0.05, 0) is 18.7 Å². The second-order valence-corrected chi connectivity index (χ2v) is 3.62. The number of hydrogen-bond acceptors (Lipinski definition) is 3. The summed E-state index contributed by atoms with van der Waals surface area (Å²) in [6.45, 7) is 3.09. The summed E-state index contributed by atoms with van der Waals surface area (Å²) >= 11 is 0. The Hall–Kier alpha value is -1.95. The predicted molar refractivity (Wildman–Crippen MR) is 65.1 cm³/mol. The van der Waals surface area contributed by atoms with Gasteiger partial charge in [0.1, 0.15) is 5.82 Å². The summed E-state index contributed by atoms with van der Waals surface area (Å²) in [5.74, 6) is -2.47. The predicted octanol–water partition coefficient (Wildman–Crippen LogP) is 1.46. The van der Waals surface area contributed by atoms with Crippen molar-refractivity contribution < 1.29 is 19.1 Å². The number of para-hydroxylation sites is 1. The molecule has 6 heteroatoms. The van der Waals surface area contributed by atoms with Crippen molar-refractivity contribution in [3.8, 4) is 0 Å². The quantitative estimate of drug-likeness (QED) is 0.672. The molecule has 0 heterocycles. The van der Waals surface area contributed by atoms with Crippen molar-refractivity contribution in [1.29, 1.82) is 0 Å². The van der Waals surface area contributed by atoms with Crippen molar-refractivity contribution in [2.24, 2.45) is 0 Å². The lowest BCUT2D eigenvalue weighted by Crippen LogP contribution is -2.22. The third-order valence-electron chi connectivity index (χ3n) is 2.29. The van der Waals surface area contributed by atoms with Crippen molar-refractivity contribution in [3.05, 3.63) is 29.6 Å². The van der Waals surface area contributed by atoms with Crippen LogP contribution in [0, 0.1) is 5.82 Å². The minimum absolute atomic E-state index is 0.154. The van der Waals surface area contributed by atoms with E-state index in [1.54, 1.807) is 0 Å². The fraction of sp³-hybridized carbons (Fsp3) is 0.333. The first-order chi connectivity index (χ1) is 8.56. The molecule has 0 fully saturated rings. The molecule has 0 saturated carbocycles. The average Bonchev–Trinajstić information content (AvgIpc) is 2.31. The van der Waals surface area contributed by atoms with Crippen molar-refractivity contribution >= 4 is 17.6 Å². The second-order valence-electron chi connectivity index (χ2n) is 3.62. The summed E-state index contributed by atoms with van der Waals surface area (Å²) in [4.78, 5) is 22.4. The van der Waals surface area contributed by atoms with Gasteiger partial charge in [-0.3, -0.25) is 4.79 Å². The number of nitrogens with one attached hydrogen (secondary N) is 2. The first-order valence-corrected chi connectivity index (χ1v) is 5.58. The number of carbonyl (C=O) groups excluding carboxylic acids is 1. The summed E-state index contributed by atoms with van der Waals surface area (Å²) in [6.07, 6.45) is 0.154. The number of rotatable bonds is 6.